The smallest absolute Gasteiger partial charge is 0.339 e. The molecule has 0 atom stereocenters. The maximum atomic E-state index is 11.4. The van der Waals surface area contributed by atoms with Gasteiger partial charge in [-0.3, -0.25) is 0 Å². The highest BCUT2D eigenvalue weighted by Crippen LogP contribution is 2.36. The fourth-order valence-corrected chi connectivity index (χ4v) is 2.54. The average Bonchev–Trinajstić information content (AvgIpc) is 2.54. The molecule has 22 heavy (non-hydrogen) atoms. The van der Waals surface area contributed by atoms with Crippen molar-refractivity contribution in [3.63, 3.8) is 0 Å². The van der Waals surface area contributed by atoms with E-state index in [1.807, 2.05) is 18.2 Å². The van der Waals surface area contributed by atoms with Crippen LogP contribution in [0.5, 0.6) is 17.2 Å². The highest BCUT2D eigenvalue weighted by atomic mass is 16.5. The standard InChI is InChI=1S/C18H16O4/c1-21-16-8-4-7-15(18(19)20)17(16)22-14-10-9-12-5-2-3-6-13(12)11-14/h3-4,6-11H,2,5H2,1H3,(H,19,20). The number of methoxy groups -OCH3 is 1. The minimum atomic E-state index is -1.05. The molecule has 0 heterocycles. The summed E-state index contributed by atoms with van der Waals surface area (Å²) in [4.78, 5) is 11.4. The third-order valence-electron chi connectivity index (χ3n) is 3.64. The summed E-state index contributed by atoms with van der Waals surface area (Å²) in [6.45, 7) is 0. The van der Waals surface area contributed by atoms with Crippen molar-refractivity contribution in [3.8, 4) is 17.2 Å². The predicted molar refractivity (Wildman–Crippen MR) is 83.8 cm³/mol. The van der Waals surface area contributed by atoms with Gasteiger partial charge < -0.3 is 14.6 Å². The summed E-state index contributed by atoms with van der Waals surface area (Å²) in [7, 11) is 1.49. The Balaban J connectivity index is 2.00. The van der Waals surface area contributed by atoms with Crippen molar-refractivity contribution in [2.75, 3.05) is 7.11 Å². The zero-order valence-electron chi connectivity index (χ0n) is 12.2. The van der Waals surface area contributed by atoms with Gasteiger partial charge in [-0.15, -0.1) is 0 Å². The van der Waals surface area contributed by atoms with Crippen molar-refractivity contribution in [2.24, 2.45) is 0 Å². The Bertz CT molecular complexity index is 747. The van der Waals surface area contributed by atoms with Gasteiger partial charge in [0.2, 0.25) is 0 Å². The zero-order chi connectivity index (χ0) is 15.5. The van der Waals surface area contributed by atoms with Gasteiger partial charge in [-0.05, 0) is 48.2 Å². The molecule has 4 nitrogen and oxygen atoms in total. The van der Waals surface area contributed by atoms with Crippen molar-refractivity contribution in [1.82, 2.24) is 0 Å². The molecule has 0 unspecified atom stereocenters. The number of carbonyl (C=O) groups is 1. The Labute approximate surface area is 128 Å². The van der Waals surface area contributed by atoms with Crippen molar-refractivity contribution >= 4 is 12.0 Å². The molecule has 112 valence electrons. The van der Waals surface area contributed by atoms with Crippen LogP contribution in [0.25, 0.3) is 6.08 Å². The molecule has 0 amide bonds. The van der Waals surface area contributed by atoms with Gasteiger partial charge in [0, 0.05) is 0 Å². The number of allylic oxidation sites excluding steroid dienone is 1. The summed E-state index contributed by atoms with van der Waals surface area (Å²) in [5, 5.41) is 9.31. The first-order valence-electron chi connectivity index (χ1n) is 7.06. The molecule has 4 heteroatoms. The van der Waals surface area contributed by atoms with E-state index in [4.69, 9.17) is 9.47 Å². The largest absolute Gasteiger partial charge is 0.493 e. The number of hydrogen-bond donors (Lipinski definition) is 1. The van der Waals surface area contributed by atoms with Crippen LogP contribution in [0.15, 0.2) is 42.5 Å². The first-order valence-corrected chi connectivity index (χ1v) is 7.06. The van der Waals surface area contributed by atoms with Gasteiger partial charge in [-0.1, -0.05) is 24.3 Å². The monoisotopic (exact) mass is 296 g/mol. The lowest BCUT2D eigenvalue weighted by Crippen LogP contribution is -2.02. The Kier molecular flexibility index (Phi) is 3.83. The lowest BCUT2D eigenvalue weighted by molar-refractivity contribution is 0.0693. The van der Waals surface area contributed by atoms with Gasteiger partial charge in [0.1, 0.15) is 11.3 Å². The topological polar surface area (TPSA) is 55.8 Å². The summed E-state index contributed by atoms with van der Waals surface area (Å²) in [6.07, 6.45) is 6.24. The first-order chi connectivity index (χ1) is 10.7. The highest BCUT2D eigenvalue weighted by Gasteiger charge is 2.17. The highest BCUT2D eigenvalue weighted by molar-refractivity contribution is 5.92. The van der Waals surface area contributed by atoms with E-state index >= 15 is 0 Å². The SMILES string of the molecule is COc1cccc(C(=O)O)c1Oc1ccc2c(c1)C=CCC2. The van der Waals surface area contributed by atoms with Crippen LogP contribution in [-0.2, 0) is 6.42 Å². The van der Waals surface area contributed by atoms with Gasteiger partial charge in [0.05, 0.1) is 7.11 Å². The third-order valence-corrected chi connectivity index (χ3v) is 3.64. The Morgan fingerprint density at radius 2 is 2.09 bits per heavy atom. The second-order valence-corrected chi connectivity index (χ2v) is 5.05. The van der Waals surface area contributed by atoms with Gasteiger partial charge in [0.25, 0.3) is 0 Å². The van der Waals surface area contributed by atoms with E-state index < -0.39 is 5.97 Å². The quantitative estimate of drug-likeness (QED) is 0.921. The summed E-state index contributed by atoms with van der Waals surface area (Å²) >= 11 is 0. The zero-order valence-corrected chi connectivity index (χ0v) is 12.2. The maximum absolute atomic E-state index is 11.4. The van der Waals surface area contributed by atoms with Crippen molar-refractivity contribution in [2.45, 2.75) is 12.8 Å². The van der Waals surface area contributed by atoms with E-state index in [2.05, 4.69) is 12.2 Å². The van der Waals surface area contributed by atoms with Gasteiger partial charge in [-0.25, -0.2) is 4.79 Å². The summed E-state index contributed by atoms with van der Waals surface area (Å²) in [5.41, 5.74) is 2.46. The third kappa shape index (κ3) is 2.68. The molecule has 0 aromatic heterocycles. The second kappa shape index (κ2) is 5.93. The minimum absolute atomic E-state index is 0.0765. The normalized spacial score (nSPS) is 12.6. The number of aromatic carboxylic acids is 1. The van der Waals surface area contributed by atoms with Crippen LogP contribution in [0.2, 0.25) is 0 Å². The fourth-order valence-electron chi connectivity index (χ4n) is 2.54. The number of aryl methyl sites for hydroxylation is 1. The lowest BCUT2D eigenvalue weighted by Gasteiger charge is -2.15. The number of para-hydroxylation sites is 1. The Morgan fingerprint density at radius 1 is 1.23 bits per heavy atom. The molecule has 0 aliphatic heterocycles. The molecule has 1 aliphatic carbocycles. The fraction of sp³-hybridized carbons (Fsp3) is 0.167. The van der Waals surface area contributed by atoms with Crippen LogP contribution >= 0.6 is 0 Å². The molecule has 3 rings (SSSR count). The van der Waals surface area contributed by atoms with Crippen molar-refractivity contribution < 1.29 is 19.4 Å². The molecule has 0 saturated heterocycles. The van der Waals surface area contributed by atoms with Crippen LogP contribution in [-0.4, -0.2) is 18.2 Å². The second-order valence-electron chi connectivity index (χ2n) is 5.05. The minimum Gasteiger partial charge on any atom is -0.493 e. The van der Waals surface area contributed by atoms with E-state index in [1.54, 1.807) is 12.1 Å². The van der Waals surface area contributed by atoms with Gasteiger partial charge >= 0.3 is 5.97 Å². The number of ether oxygens (including phenoxy) is 2. The van der Waals surface area contributed by atoms with E-state index in [-0.39, 0.29) is 11.3 Å². The number of rotatable bonds is 4. The predicted octanol–water partition coefficient (Wildman–Crippen LogP) is 4.15. The number of hydrogen-bond acceptors (Lipinski definition) is 3. The van der Waals surface area contributed by atoms with E-state index in [0.717, 1.165) is 18.4 Å². The molecule has 0 fully saturated rings. The summed E-state index contributed by atoms with van der Waals surface area (Å²) in [6, 6.07) is 10.6. The number of carboxylic acid groups (broad SMARTS) is 1. The van der Waals surface area contributed by atoms with Crippen molar-refractivity contribution in [1.29, 1.82) is 0 Å². The molecule has 1 N–H and O–H groups in total. The van der Waals surface area contributed by atoms with Gasteiger partial charge in [-0.2, -0.15) is 0 Å². The number of benzene rings is 2. The first kappa shape index (κ1) is 14.2. The van der Waals surface area contributed by atoms with Crippen LogP contribution in [0.4, 0.5) is 0 Å². The maximum Gasteiger partial charge on any atom is 0.339 e. The number of carboxylic acids is 1. The molecule has 0 bridgehead atoms. The molecule has 0 saturated carbocycles. The molecule has 0 spiro atoms. The van der Waals surface area contributed by atoms with Gasteiger partial charge in [0.15, 0.2) is 11.5 Å². The summed E-state index contributed by atoms with van der Waals surface area (Å²) < 4.78 is 11.0. The van der Waals surface area contributed by atoms with Crippen molar-refractivity contribution in [3.05, 3.63) is 59.2 Å². The molecule has 1 aliphatic rings. The molecule has 0 radical (unpaired) electrons. The van der Waals surface area contributed by atoms with Crippen LogP contribution in [0.3, 0.4) is 0 Å². The van der Waals surface area contributed by atoms with E-state index in [9.17, 15) is 9.90 Å². The van der Waals surface area contributed by atoms with Crippen LogP contribution in [0.1, 0.15) is 27.9 Å². The van der Waals surface area contributed by atoms with Crippen LogP contribution < -0.4 is 9.47 Å². The lowest BCUT2D eigenvalue weighted by atomic mass is 9.97. The summed E-state index contributed by atoms with van der Waals surface area (Å²) in [5.74, 6) is 0.162. The Hall–Kier alpha value is -2.75. The Morgan fingerprint density at radius 3 is 2.86 bits per heavy atom. The molecular formula is C18H16O4. The van der Waals surface area contributed by atoms with E-state index in [0.29, 0.717) is 11.5 Å². The van der Waals surface area contributed by atoms with Crippen LogP contribution in [0, 0.1) is 0 Å². The molecule has 2 aromatic rings. The number of fused-ring (bicyclic) bond motifs is 1. The molecular weight excluding hydrogens is 280 g/mol. The molecule has 2 aromatic carbocycles. The average molecular weight is 296 g/mol. The van der Waals surface area contributed by atoms with E-state index in [1.165, 1.54) is 18.7 Å².